The summed E-state index contributed by atoms with van der Waals surface area (Å²) in [5, 5.41) is 1.09. The maximum absolute atomic E-state index is 11.7. The van der Waals surface area contributed by atoms with Crippen LogP contribution in [0, 0.1) is 6.92 Å². The molecule has 2 aromatic rings. The van der Waals surface area contributed by atoms with Gasteiger partial charge in [-0.15, -0.1) is 11.3 Å². The molecule has 2 heterocycles. The highest BCUT2D eigenvalue weighted by molar-refractivity contribution is 7.11. The van der Waals surface area contributed by atoms with E-state index in [-0.39, 0.29) is 0 Å². The summed E-state index contributed by atoms with van der Waals surface area (Å²) in [4.78, 5) is 17.2. The van der Waals surface area contributed by atoms with Gasteiger partial charge in [0, 0.05) is 35.5 Å². The Hall–Kier alpha value is -1.42. The van der Waals surface area contributed by atoms with Crippen LogP contribution in [-0.4, -0.2) is 15.3 Å². The lowest BCUT2D eigenvalue weighted by Gasteiger charge is -2.07. The van der Waals surface area contributed by atoms with Gasteiger partial charge in [-0.2, -0.15) is 0 Å². The van der Waals surface area contributed by atoms with Crippen LogP contribution in [0.15, 0.2) is 18.6 Å². The number of hydrogen-bond donors (Lipinski definition) is 0. The van der Waals surface area contributed by atoms with Gasteiger partial charge in [0.1, 0.15) is 0 Å². The van der Waals surface area contributed by atoms with Crippen molar-refractivity contribution in [1.29, 1.82) is 0 Å². The molecule has 2 aromatic heterocycles. The minimum absolute atomic E-state index is 0.297. The molecule has 1 aliphatic carbocycles. The summed E-state index contributed by atoms with van der Waals surface area (Å²) >= 11 is 1.71. The second kappa shape index (κ2) is 4.11. The van der Waals surface area contributed by atoms with Crippen LogP contribution in [-0.2, 0) is 13.0 Å². The van der Waals surface area contributed by atoms with Crippen molar-refractivity contribution in [3.8, 4) is 0 Å². The quantitative estimate of drug-likeness (QED) is 0.816. The smallest absolute Gasteiger partial charge is 0.164 e. The summed E-state index contributed by atoms with van der Waals surface area (Å²) in [6, 6.07) is 0. The third-order valence-electron chi connectivity index (χ3n) is 3.12. The molecule has 0 atom stereocenters. The van der Waals surface area contributed by atoms with Crippen molar-refractivity contribution in [1.82, 2.24) is 9.55 Å². The lowest BCUT2D eigenvalue weighted by Crippen LogP contribution is -2.07. The largest absolute Gasteiger partial charge is 0.348 e. The molecule has 0 saturated carbocycles. The summed E-state index contributed by atoms with van der Waals surface area (Å²) in [5.74, 6) is 0.297. The highest BCUT2D eigenvalue weighted by Crippen LogP contribution is 2.23. The molecule has 0 radical (unpaired) electrons. The van der Waals surface area contributed by atoms with E-state index in [4.69, 9.17) is 0 Å². The predicted molar refractivity (Wildman–Crippen MR) is 67.7 cm³/mol. The van der Waals surface area contributed by atoms with Gasteiger partial charge in [0.2, 0.25) is 0 Å². The average molecular weight is 246 g/mol. The topological polar surface area (TPSA) is 34.9 Å². The standard InChI is InChI=1S/C13H14N2OS/c1-9-14-5-11(17-9)7-15-6-10-3-2-4-13(16)12(10)8-15/h5-6,8H,2-4,7H2,1H3. The van der Waals surface area contributed by atoms with E-state index in [1.807, 2.05) is 19.3 Å². The van der Waals surface area contributed by atoms with Crippen LogP contribution in [0.3, 0.4) is 0 Å². The van der Waals surface area contributed by atoms with E-state index in [1.165, 1.54) is 10.4 Å². The molecule has 17 heavy (non-hydrogen) atoms. The monoisotopic (exact) mass is 246 g/mol. The maximum Gasteiger partial charge on any atom is 0.164 e. The Labute approximate surface area is 104 Å². The van der Waals surface area contributed by atoms with Crippen LogP contribution in [0.5, 0.6) is 0 Å². The number of hydrogen-bond acceptors (Lipinski definition) is 3. The van der Waals surface area contributed by atoms with E-state index in [9.17, 15) is 4.79 Å². The third kappa shape index (κ3) is 2.05. The highest BCUT2D eigenvalue weighted by Gasteiger charge is 2.19. The molecule has 0 spiro atoms. The molecule has 0 unspecified atom stereocenters. The number of carbonyl (C=O) groups excluding carboxylic acids is 1. The summed E-state index contributed by atoms with van der Waals surface area (Å²) in [5.41, 5.74) is 2.14. The lowest BCUT2D eigenvalue weighted by atomic mass is 9.95. The van der Waals surface area contributed by atoms with E-state index in [0.29, 0.717) is 12.2 Å². The van der Waals surface area contributed by atoms with Crippen LogP contribution in [0.25, 0.3) is 0 Å². The number of aryl methyl sites for hydroxylation is 2. The molecule has 0 aliphatic heterocycles. The number of rotatable bonds is 2. The number of thiazole rings is 1. The Morgan fingerprint density at radius 1 is 1.41 bits per heavy atom. The molecule has 0 bridgehead atoms. The Morgan fingerprint density at radius 3 is 3.00 bits per heavy atom. The zero-order chi connectivity index (χ0) is 11.8. The van der Waals surface area contributed by atoms with Gasteiger partial charge in [0.15, 0.2) is 5.78 Å². The van der Waals surface area contributed by atoms with Gasteiger partial charge in [-0.05, 0) is 25.3 Å². The normalized spacial score (nSPS) is 15.0. The fraction of sp³-hybridized carbons (Fsp3) is 0.385. The average Bonchev–Trinajstić information content (AvgIpc) is 2.86. The van der Waals surface area contributed by atoms with Crippen molar-refractivity contribution in [3.05, 3.63) is 39.6 Å². The second-order valence-electron chi connectivity index (χ2n) is 4.49. The molecule has 88 valence electrons. The first-order valence-corrected chi connectivity index (χ1v) is 6.67. The molecule has 0 fully saturated rings. The minimum atomic E-state index is 0.297. The van der Waals surface area contributed by atoms with E-state index in [2.05, 4.69) is 15.7 Å². The Morgan fingerprint density at radius 2 is 2.29 bits per heavy atom. The number of fused-ring (bicyclic) bond motifs is 1. The van der Waals surface area contributed by atoms with Crippen LogP contribution in [0.1, 0.15) is 38.6 Å². The van der Waals surface area contributed by atoms with Gasteiger partial charge in [0.25, 0.3) is 0 Å². The van der Waals surface area contributed by atoms with Crippen LogP contribution >= 0.6 is 11.3 Å². The van der Waals surface area contributed by atoms with Crippen molar-refractivity contribution in [2.24, 2.45) is 0 Å². The van der Waals surface area contributed by atoms with Gasteiger partial charge in [-0.1, -0.05) is 0 Å². The number of carbonyl (C=O) groups is 1. The Bertz CT molecular complexity index is 568. The first kappa shape index (κ1) is 10.7. The molecule has 1 aliphatic rings. The molecule has 0 amide bonds. The number of Topliss-reactive ketones (excluding diaryl/α,β-unsaturated/α-hetero) is 1. The molecule has 0 saturated heterocycles. The SMILES string of the molecule is Cc1ncc(Cn2cc3c(c2)C(=O)CCC3)s1. The first-order chi connectivity index (χ1) is 8.22. The van der Waals surface area contributed by atoms with Gasteiger partial charge >= 0.3 is 0 Å². The van der Waals surface area contributed by atoms with Crippen molar-refractivity contribution >= 4 is 17.1 Å². The van der Waals surface area contributed by atoms with Gasteiger partial charge in [-0.3, -0.25) is 4.79 Å². The number of aromatic nitrogens is 2. The van der Waals surface area contributed by atoms with E-state index in [0.717, 1.165) is 30.0 Å². The van der Waals surface area contributed by atoms with Gasteiger partial charge in [-0.25, -0.2) is 4.98 Å². The summed E-state index contributed by atoms with van der Waals surface area (Å²) < 4.78 is 2.11. The van der Waals surface area contributed by atoms with Crippen LogP contribution in [0.2, 0.25) is 0 Å². The predicted octanol–water partition coefficient (Wildman–Crippen LogP) is 2.82. The summed E-state index contributed by atoms with van der Waals surface area (Å²) in [6.07, 6.45) is 8.76. The molecule has 4 heteroatoms. The number of ketones is 1. The van der Waals surface area contributed by atoms with Gasteiger partial charge < -0.3 is 4.57 Å². The fourth-order valence-electron chi connectivity index (χ4n) is 2.33. The zero-order valence-electron chi connectivity index (χ0n) is 9.77. The van der Waals surface area contributed by atoms with Gasteiger partial charge in [0.05, 0.1) is 11.6 Å². The molecular weight excluding hydrogens is 232 g/mol. The summed E-state index contributed by atoms with van der Waals surface area (Å²) in [7, 11) is 0. The third-order valence-corrected chi connectivity index (χ3v) is 4.02. The van der Waals surface area contributed by atoms with Crippen molar-refractivity contribution in [2.45, 2.75) is 32.7 Å². The van der Waals surface area contributed by atoms with Crippen molar-refractivity contribution in [2.75, 3.05) is 0 Å². The minimum Gasteiger partial charge on any atom is -0.348 e. The molecule has 3 nitrogen and oxygen atoms in total. The van der Waals surface area contributed by atoms with E-state index in [1.54, 1.807) is 11.3 Å². The zero-order valence-corrected chi connectivity index (χ0v) is 10.6. The van der Waals surface area contributed by atoms with E-state index >= 15 is 0 Å². The van der Waals surface area contributed by atoms with Crippen LogP contribution < -0.4 is 0 Å². The first-order valence-electron chi connectivity index (χ1n) is 5.85. The highest BCUT2D eigenvalue weighted by atomic mass is 32.1. The number of nitrogens with zero attached hydrogens (tertiary/aromatic N) is 2. The second-order valence-corrected chi connectivity index (χ2v) is 5.81. The van der Waals surface area contributed by atoms with Crippen LogP contribution in [0.4, 0.5) is 0 Å². The molecule has 0 aromatic carbocycles. The maximum atomic E-state index is 11.7. The van der Waals surface area contributed by atoms with Crippen molar-refractivity contribution < 1.29 is 4.79 Å². The van der Waals surface area contributed by atoms with Crippen molar-refractivity contribution in [3.63, 3.8) is 0 Å². The van der Waals surface area contributed by atoms with E-state index < -0.39 is 0 Å². The Kier molecular flexibility index (Phi) is 2.59. The molecular formula is C13H14N2OS. The lowest BCUT2D eigenvalue weighted by molar-refractivity contribution is 0.0973. The fourth-order valence-corrected chi connectivity index (χ4v) is 3.13. The Balaban J connectivity index is 1.87. The molecule has 3 rings (SSSR count). The summed E-state index contributed by atoms with van der Waals surface area (Å²) in [6.45, 7) is 2.84. The molecule has 0 N–H and O–H groups in total.